The quantitative estimate of drug-likeness (QED) is 0.805. The van der Waals surface area contributed by atoms with Gasteiger partial charge in [0.15, 0.2) is 0 Å². The van der Waals surface area contributed by atoms with Crippen molar-refractivity contribution in [2.75, 3.05) is 13.7 Å². The van der Waals surface area contributed by atoms with E-state index in [1.54, 1.807) is 7.11 Å². The van der Waals surface area contributed by atoms with Crippen LogP contribution in [0.15, 0.2) is 24.3 Å². The maximum absolute atomic E-state index is 11.0. The fourth-order valence-corrected chi connectivity index (χ4v) is 1.63. The smallest absolute Gasteiger partial charge is 0.407 e. The number of benzene rings is 1. The van der Waals surface area contributed by atoms with Gasteiger partial charge in [-0.1, -0.05) is 12.1 Å². The van der Waals surface area contributed by atoms with Gasteiger partial charge in [0.05, 0.1) is 19.8 Å². The second kappa shape index (κ2) is 4.21. The number of ether oxygens (including phenoxy) is 2. The molecule has 0 spiro atoms. The average molecular weight is 207 g/mol. The van der Waals surface area contributed by atoms with Crippen LogP contribution in [0.2, 0.25) is 0 Å². The van der Waals surface area contributed by atoms with Gasteiger partial charge in [0.1, 0.15) is 5.75 Å². The van der Waals surface area contributed by atoms with Crippen molar-refractivity contribution in [2.24, 2.45) is 0 Å². The third kappa shape index (κ3) is 2.21. The average Bonchev–Trinajstić information content (AvgIpc) is 2.29. The number of cyclic esters (lactones) is 1. The van der Waals surface area contributed by atoms with E-state index in [0.29, 0.717) is 6.61 Å². The van der Waals surface area contributed by atoms with Crippen LogP contribution in [0.3, 0.4) is 0 Å². The van der Waals surface area contributed by atoms with Crippen molar-refractivity contribution in [1.29, 1.82) is 0 Å². The highest BCUT2D eigenvalue weighted by atomic mass is 16.5. The fourth-order valence-electron chi connectivity index (χ4n) is 1.63. The minimum atomic E-state index is -0.353. The molecule has 0 aromatic heterocycles. The van der Waals surface area contributed by atoms with E-state index < -0.39 is 0 Å². The Hall–Kier alpha value is -1.71. The molecule has 80 valence electrons. The number of carbonyl (C=O) groups is 1. The second-order valence-corrected chi connectivity index (χ2v) is 3.40. The van der Waals surface area contributed by atoms with Gasteiger partial charge >= 0.3 is 6.09 Å². The van der Waals surface area contributed by atoms with E-state index in [-0.39, 0.29) is 12.1 Å². The molecular weight excluding hydrogens is 194 g/mol. The number of rotatable bonds is 2. The standard InChI is InChI=1S/C11H13NO3/c1-14-9-4-2-3-8(7-9)10-5-6-15-11(13)12-10/h2-4,7,10H,5-6H2,1H3,(H,12,13)/t10-/m0/s1. The maximum atomic E-state index is 11.0. The lowest BCUT2D eigenvalue weighted by molar-refractivity contribution is 0.115. The zero-order valence-corrected chi connectivity index (χ0v) is 8.53. The van der Waals surface area contributed by atoms with E-state index in [0.717, 1.165) is 17.7 Å². The molecular formula is C11H13NO3. The van der Waals surface area contributed by atoms with Crippen molar-refractivity contribution in [3.63, 3.8) is 0 Å². The zero-order valence-electron chi connectivity index (χ0n) is 8.53. The third-order valence-corrected chi connectivity index (χ3v) is 2.43. The van der Waals surface area contributed by atoms with E-state index >= 15 is 0 Å². The minimum absolute atomic E-state index is 0.0290. The molecule has 0 bridgehead atoms. The monoisotopic (exact) mass is 207 g/mol. The molecule has 1 amide bonds. The van der Waals surface area contributed by atoms with E-state index in [9.17, 15) is 4.79 Å². The third-order valence-electron chi connectivity index (χ3n) is 2.43. The van der Waals surface area contributed by atoms with Gasteiger partial charge in [-0.3, -0.25) is 0 Å². The van der Waals surface area contributed by atoms with Crippen molar-refractivity contribution in [1.82, 2.24) is 5.32 Å². The van der Waals surface area contributed by atoms with Crippen molar-refractivity contribution in [2.45, 2.75) is 12.5 Å². The summed E-state index contributed by atoms with van der Waals surface area (Å²) in [6.45, 7) is 0.466. The molecule has 1 fully saturated rings. The molecule has 1 atom stereocenters. The fraction of sp³-hybridized carbons (Fsp3) is 0.364. The molecule has 4 heteroatoms. The lowest BCUT2D eigenvalue weighted by atomic mass is 10.0. The first kappa shape index (κ1) is 9.83. The number of nitrogens with one attached hydrogen (secondary N) is 1. The highest BCUT2D eigenvalue weighted by molar-refractivity contribution is 5.68. The summed E-state index contributed by atoms with van der Waals surface area (Å²) < 4.78 is 9.93. The maximum Gasteiger partial charge on any atom is 0.407 e. The summed E-state index contributed by atoms with van der Waals surface area (Å²) >= 11 is 0. The van der Waals surface area contributed by atoms with Crippen molar-refractivity contribution in [3.8, 4) is 5.75 Å². The lowest BCUT2D eigenvalue weighted by Crippen LogP contribution is -2.35. The van der Waals surface area contributed by atoms with Crippen LogP contribution >= 0.6 is 0 Å². The Morgan fingerprint density at radius 3 is 3.13 bits per heavy atom. The first-order valence-electron chi connectivity index (χ1n) is 4.87. The van der Waals surface area contributed by atoms with Gasteiger partial charge in [-0.25, -0.2) is 4.79 Å². The van der Waals surface area contributed by atoms with Crippen LogP contribution in [0.5, 0.6) is 5.75 Å². The van der Waals surface area contributed by atoms with Gasteiger partial charge < -0.3 is 14.8 Å². The van der Waals surface area contributed by atoms with Crippen molar-refractivity contribution >= 4 is 6.09 Å². The molecule has 4 nitrogen and oxygen atoms in total. The molecule has 1 heterocycles. The number of hydrogen-bond acceptors (Lipinski definition) is 3. The predicted molar refractivity (Wildman–Crippen MR) is 54.8 cm³/mol. The Labute approximate surface area is 88.2 Å². The zero-order chi connectivity index (χ0) is 10.7. The van der Waals surface area contributed by atoms with Crippen LogP contribution in [0.25, 0.3) is 0 Å². The first-order chi connectivity index (χ1) is 7.29. The van der Waals surface area contributed by atoms with Gasteiger partial charge in [0.25, 0.3) is 0 Å². The minimum Gasteiger partial charge on any atom is -0.497 e. The summed E-state index contributed by atoms with van der Waals surface area (Å²) in [5.74, 6) is 0.799. The van der Waals surface area contributed by atoms with Gasteiger partial charge in [-0.2, -0.15) is 0 Å². The number of carbonyl (C=O) groups excluding carboxylic acids is 1. The van der Waals surface area contributed by atoms with E-state index in [1.165, 1.54) is 0 Å². The van der Waals surface area contributed by atoms with Gasteiger partial charge in [-0.15, -0.1) is 0 Å². The van der Waals surface area contributed by atoms with Crippen molar-refractivity contribution in [3.05, 3.63) is 29.8 Å². The Bertz CT molecular complexity index is 365. The number of methoxy groups -OCH3 is 1. The van der Waals surface area contributed by atoms with Crippen LogP contribution in [-0.2, 0) is 4.74 Å². The Morgan fingerprint density at radius 2 is 2.40 bits per heavy atom. The molecule has 1 aromatic carbocycles. The van der Waals surface area contributed by atoms with E-state index in [2.05, 4.69) is 5.32 Å². The summed E-state index contributed by atoms with van der Waals surface area (Å²) in [6.07, 6.45) is 0.438. The molecule has 0 unspecified atom stereocenters. The largest absolute Gasteiger partial charge is 0.497 e. The summed E-state index contributed by atoms with van der Waals surface area (Å²) in [4.78, 5) is 11.0. The van der Waals surface area contributed by atoms with Crippen LogP contribution in [-0.4, -0.2) is 19.8 Å². The summed E-state index contributed by atoms with van der Waals surface area (Å²) in [7, 11) is 1.63. The van der Waals surface area contributed by atoms with E-state index in [1.807, 2.05) is 24.3 Å². The molecule has 1 aromatic rings. The molecule has 1 N–H and O–H groups in total. The topological polar surface area (TPSA) is 47.6 Å². The van der Waals surface area contributed by atoms with Crippen LogP contribution in [0.4, 0.5) is 4.79 Å². The summed E-state index contributed by atoms with van der Waals surface area (Å²) in [6, 6.07) is 7.72. The second-order valence-electron chi connectivity index (χ2n) is 3.40. The van der Waals surface area contributed by atoms with E-state index in [4.69, 9.17) is 9.47 Å². The van der Waals surface area contributed by atoms with Crippen LogP contribution in [0.1, 0.15) is 18.0 Å². The molecule has 1 saturated heterocycles. The summed E-state index contributed by atoms with van der Waals surface area (Å²) in [5, 5.41) is 2.77. The number of amides is 1. The molecule has 0 radical (unpaired) electrons. The normalized spacial score (nSPS) is 20.3. The van der Waals surface area contributed by atoms with Gasteiger partial charge in [-0.05, 0) is 17.7 Å². The van der Waals surface area contributed by atoms with Crippen molar-refractivity contribution < 1.29 is 14.3 Å². The summed E-state index contributed by atoms with van der Waals surface area (Å²) in [5.41, 5.74) is 1.05. The Morgan fingerprint density at radius 1 is 1.53 bits per heavy atom. The first-order valence-corrected chi connectivity index (χ1v) is 4.87. The molecule has 0 saturated carbocycles. The van der Waals surface area contributed by atoms with Gasteiger partial charge in [0, 0.05) is 6.42 Å². The number of hydrogen-bond donors (Lipinski definition) is 1. The molecule has 2 rings (SSSR count). The number of alkyl carbamates (subject to hydrolysis) is 1. The van der Waals surface area contributed by atoms with Crippen LogP contribution in [0, 0.1) is 0 Å². The molecule has 0 aliphatic carbocycles. The Balaban J connectivity index is 2.17. The van der Waals surface area contributed by atoms with Crippen LogP contribution < -0.4 is 10.1 Å². The molecule has 1 aliphatic rings. The van der Waals surface area contributed by atoms with Gasteiger partial charge in [0.2, 0.25) is 0 Å². The lowest BCUT2D eigenvalue weighted by Gasteiger charge is -2.23. The highest BCUT2D eigenvalue weighted by Crippen LogP contribution is 2.23. The predicted octanol–water partition coefficient (Wildman–Crippen LogP) is 1.87. The Kier molecular flexibility index (Phi) is 2.76. The highest BCUT2D eigenvalue weighted by Gasteiger charge is 2.20. The molecule has 15 heavy (non-hydrogen) atoms. The SMILES string of the molecule is COc1cccc([C@@H]2CCOC(=O)N2)c1. The molecule has 1 aliphatic heterocycles.